The molecule has 0 fully saturated rings. The van der Waals surface area contributed by atoms with Crippen molar-refractivity contribution < 1.29 is 30.2 Å². The number of fused-ring (bicyclic) bond motifs is 6. The van der Waals surface area contributed by atoms with Gasteiger partial charge in [-0.15, -0.1) is 0 Å². The van der Waals surface area contributed by atoms with Gasteiger partial charge in [-0.25, -0.2) is 4.79 Å². The highest BCUT2D eigenvalue weighted by Gasteiger charge is 2.48. The van der Waals surface area contributed by atoms with Crippen molar-refractivity contribution in [3.8, 4) is 22.6 Å². The number of rotatable bonds is 4. The molecule has 7 aromatic rings. The highest BCUT2D eigenvalue weighted by molar-refractivity contribution is 7.88. The summed E-state index contributed by atoms with van der Waals surface area (Å²) in [5.74, 6) is -0.620. The van der Waals surface area contributed by atoms with E-state index in [0.29, 0.717) is 5.56 Å². The second kappa shape index (κ2) is 9.22. The largest absolute Gasteiger partial charge is 0.534 e. The number of hydrogen-bond donors (Lipinski definition) is 0. The van der Waals surface area contributed by atoms with Crippen LogP contribution >= 0.6 is 0 Å². The smallest absolute Gasteiger partial charge is 0.422 e. The zero-order chi connectivity index (χ0) is 29.2. The summed E-state index contributed by atoms with van der Waals surface area (Å²) < 4.78 is 74.9. The molecule has 0 N–H and O–H groups in total. The summed E-state index contributed by atoms with van der Waals surface area (Å²) >= 11 is 0. The zero-order valence-corrected chi connectivity index (χ0v) is 22.2. The van der Waals surface area contributed by atoms with Gasteiger partial charge in [0.15, 0.2) is 5.75 Å². The Balaban J connectivity index is 1.41. The first kappa shape index (κ1) is 25.8. The van der Waals surface area contributed by atoms with Crippen LogP contribution in [0.25, 0.3) is 60.4 Å². The van der Waals surface area contributed by atoms with Gasteiger partial charge >= 0.3 is 21.3 Å². The van der Waals surface area contributed by atoms with Crippen LogP contribution in [0.5, 0.6) is 5.75 Å². The lowest BCUT2D eigenvalue weighted by Crippen LogP contribution is -2.28. The maximum atomic E-state index is 13.1. The molecule has 2 heterocycles. The predicted octanol–water partition coefficient (Wildman–Crippen LogP) is 7.94. The van der Waals surface area contributed by atoms with E-state index in [0.717, 1.165) is 39.1 Å². The van der Waals surface area contributed by atoms with Gasteiger partial charge in [0.2, 0.25) is 0 Å². The van der Waals surface area contributed by atoms with Crippen LogP contribution in [0.15, 0.2) is 118 Å². The Morgan fingerprint density at radius 3 is 2.12 bits per heavy atom. The van der Waals surface area contributed by atoms with Crippen molar-refractivity contribution in [2.24, 2.45) is 0 Å². The van der Waals surface area contributed by atoms with Gasteiger partial charge in [0.05, 0.1) is 16.4 Å². The molecule has 0 saturated heterocycles. The van der Waals surface area contributed by atoms with Gasteiger partial charge in [-0.2, -0.15) is 21.6 Å². The van der Waals surface area contributed by atoms with Crippen LogP contribution in [0.3, 0.4) is 0 Å². The number of nitrogens with zero attached hydrogens (tertiary/aromatic N) is 1. The summed E-state index contributed by atoms with van der Waals surface area (Å²) in [6, 6.07) is 32.5. The fourth-order valence-electron chi connectivity index (χ4n) is 5.37. The van der Waals surface area contributed by atoms with Crippen LogP contribution < -0.4 is 9.81 Å². The van der Waals surface area contributed by atoms with E-state index >= 15 is 0 Å². The first-order chi connectivity index (χ1) is 20.1. The molecule has 6 nitrogen and oxygen atoms in total. The fraction of sp³-hybridized carbons (Fsp3) is 0.0312. The van der Waals surface area contributed by atoms with Gasteiger partial charge in [-0.05, 0) is 65.7 Å². The molecule has 0 aliphatic heterocycles. The molecule has 5 aromatic carbocycles. The molecular formula is C32H18F3NO5S. The summed E-state index contributed by atoms with van der Waals surface area (Å²) in [4.78, 5) is 12.8. The normalized spacial score (nSPS) is 12.5. The van der Waals surface area contributed by atoms with Crippen molar-refractivity contribution in [3.63, 3.8) is 0 Å². The number of halogens is 3. The van der Waals surface area contributed by atoms with Crippen molar-refractivity contribution in [1.82, 2.24) is 4.57 Å². The Kier molecular flexibility index (Phi) is 5.67. The number of benzene rings is 5. The molecule has 2 aromatic heterocycles. The van der Waals surface area contributed by atoms with Crippen LogP contribution in [0, 0.1) is 0 Å². The van der Waals surface area contributed by atoms with E-state index in [1.165, 1.54) is 12.1 Å². The Hall–Kier alpha value is -5.09. The van der Waals surface area contributed by atoms with E-state index in [4.69, 9.17) is 4.42 Å². The van der Waals surface area contributed by atoms with Crippen molar-refractivity contribution in [1.29, 1.82) is 0 Å². The van der Waals surface area contributed by atoms with Crippen molar-refractivity contribution in [2.75, 3.05) is 0 Å². The molecule has 208 valence electrons. The van der Waals surface area contributed by atoms with E-state index in [9.17, 15) is 26.4 Å². The molecule has 0 spiro atoms. The Morgan fingerprint density at radius 1 is 0.667 bits per heavy atom. The number of para-hydroxylation sites is 2. The van der Waals surface area contributed by atoms with Crippen LogP contribution in [0.1, 0.15) is 0 Å². The molecule has 0 radical (unpaired) electrons. The average molecular weight is 586 g/mol. The van der Waals surface area contributed by atoms with Crippen LogP contribution in [-0.4, -0.2) is 18.5 Å². The third-order valence-corrected chi connectivity index (χ3v) is 8.17. The number of aromatic nitrogens is 1. The van der Waals surface area contributed by atoms with E-state index in [1.54, 1.807) is 18.2 Å². The molecule has 0 unspecified atom stereocenters. The van der Waals surface area contributed by atoms with Gasteiger partial charge in [0.25, 0.3) is 0 Å². The van der Waals surface area contributed by atoms with Crippen molar-refractivity contribution in [2.45, 2.75) is 5.51 Å². The van der Waals surface area contributed by atoms with Crippen molar-refractivity contribution in [3.05, 3.63) is 120 Å². The molecule has 0 aliphatic rings. The lowest BCUT2D eigenvalue weighted by molar-refractivity contribution is -0.0499. The van der Waals surface area contributed by atoms with E-state index in [2.05, 4.69) is 14.8 Å². The van der Waals surface area contributed by atoms with E-state index in [1.807, 2.05) is 66.7 Å². The molecule has 0 aliphatic carbocycles. The molecule has 0 amide bonds. The topological polar surface area (TPSA) is 78.5 Å². The van der Waals surface area contributed by atoms with E-state index < -0.39 is 27.0 Å². The SMILES string of the molecule is O=c1oc2cc(-c3ccc4c(c3)c3ccccc3n4-c3ccccc3)ccc2c2c(OS(=O)(=O)C(F)(F)F)cccc12. The standard InChI is InChI=1S/C32H18F3NO5S/c33-32(34,35)42(38,39)41-28-12-6-10-24-30(28)23-15-13-20(18-29(23)40-31(24)37)19-14-16-27-25(17-19)22-9-4-5-11-26(22)36(27)21-7-2-1-3-8-21/h1-18H. The van der Waals surface area contributed by atoms with Crippen LogP contribution in [0.2, 0.25) is 0 Å². The minimum absolute atomic E-state index is 0.0669. The van der Waals surface area contributed by atoms with Gasteiger partial charge in [0, 0.05) is 27.2 Å². The summed E-state index contributed by atoms with van der Waals surface area (Å²) in [5, 5.41) is 2.07. The monoisotopic (exact) mass is 585 g/mol. The lowest BCUT2D eigenvalue weighted by Gasteiger charge is -2.13. The third-order valence-electron chi connectivity index (χ3n) is 7.20. The average Bonchev–Trinajstić information content (AvgIpc) is 3.30. The first-order valence-corrected chi connectivity index (χ1v) is 14.1. The quantitative estimate of drug-likeness (QED) is 0.0907. The first-order valence-electron chi connectivity index (χ1n) is 12.7. The minimum atomic E-state index is -5.97. The molecule has 42 heavy (non-hydrogen) atoms. The highest BCUT2D eigenvalue weighted by atomic mass is 32.2. The Morgan fingerprint density at radius 2 is 1.33 bits per heavy atom. The van der Waals surface area contributed by atoms with Gasteiger partial charge in [-0.1, -0.05) is 54.6 Å². The van der Waals surface area contributed by atoms with Gasteiger partial charge in [0.1, 0.15) is 5.58 Å². The number of alkyl halides is 3. The maximum Gasteiger partial charge on any atom is 0.534 e. The molecule has 0 bridgehead atoms. The van der Waals surface area contributed by atoms with Crippen LogP contribution in [-0.2, 0) is 10.1 Å². The summed E-state index contributed by atoms with van der Waals surface area (Å²) in [6.45, 7) is 0. The Bertz CT molecular complexity index is 2360. The molecule has 7 rings (SSSR count). The Labute approximate surface area is 235 Å². The third kappa shape index (κ3) is 4.02. The second-order valence-corrected chi connectivity index (χ2v) is 11.2. The van der Waals surface area contributed by atoms with Crippen LogP contribution in [0.4, 0.5) is 13.2 Å². The van der Waals surface area contributed by atoms with Crippen molar-refractivity contribution >= 4 is 53.7 Å². The highest BCUT2D eigenvalue weighted by Crippen LogP contribution is 2.38. The molecular weight excluding hydrogens is 567 g/mol. The summed E-state index contributed by atoms with van der Waals surface area (Å²) in [7, 11) is -5.97. The zero-order valence-electron chi connectivity index (χ0n) is 21.4. The van der Waals surface area contributed by atoms with Gasteiger partial charge in [-0.3, -0.25) is 0 Å². The fourth-order valence-corrected chi connectivity index (χ4v) is 5.84. The van der Waals surface area contributed by atoms with E-state index in [-0.39, 0.29) is 21.7 Å². The summed E-state index contributed by atoms with van der Waals surface area (Å²) in [5.41, 5.74) is -1.87. The summed E-state index contributed by atoms with van der Waals surface area (Å²) in [6.07, 6.45) is 0. The number of hydrogen-bond acceptors (Lipinski definition) is 5. The maximum absolute atomic E-state index is 13.1. The molecule has 0 saturated carbocycles. The minimum Gasteiger partial charge on any atom is -0.422 e. The second-order valence-electron chi connectivity index (χ2n) is 9.68. The predicted molar refractivity (Wildman–Crippen MR) is 155 cm³/mol. The molecule has 0 atom stereocenters. The lowest BCUT2D eigenvalue weighted by atomic mass is 9.99. The van der Waals surface area contributed by atoms with Gasteiger partial charge < -0.3 is 13.2 Å². The molecule has 10 heteroatoms.